The summed E-state index contributed by atoms with van der Waals surface area (Å²) in [6, 6.07) is 13.8. The molecule has 0 bridgehead atoms. The van der Waals surface area contributed by atoms with Gasteiger partial charge >= 0.3 is 0 Å². The van der Waals surface area contributed by atoms with Gasteiger partial charge in [0.1, 0.15) is 13.2 Å². The van der Waals surface area contributed by atoms with Gasteiger partial charge in [0.25, 0.3) is 5.91 Å². The number of nitriles is 1. The van der Waals surface area contributed by atoms with Gasteiger partial charge in [0, 0.05) is 0 Å². The molecule has 0 atom stereocenters. The highest BCUT2D eigenvalue weighted by Gasteiger charge is 2.13. The lowest BCUT2D eigenvalue weighted by Gasteiger charge is -2.14. The lowest BCUT2D eigenvalue weighted by molar-refractivity contribution is -0.118. The van der Waals surface area contributed by atoms with Crippen molar-refractivity contribution in [2.24, 2.45) is 0 Å². The number of rotatable bonds is 9. The molecular weight excluding hydrogens is 404 g/mol. The summed E-state index contributed by atoms with van der Waals surface area (Å²) in [5.41, 5.74) is 2.06. The molecule has 2 rings (SSSR count). The fourth-order valence-corrected chi connectivity index (χ4v) is 2.70. The molecule has 0 N–H and O–H groups in total. The quantitative estimate of drug-likeness (QED) is 0.201. The van der Waals surface area contributed by atoms with Crippen LogP contribution in [0.4, 0.5) is 5.69 Å². The zero-order chi connectivity index (χ0) is 23.3. The maximum Gasteiger partial charge on any atom is 0.257 e. The van der Waals surface area contributed by atoms with E-state index in [4.69, 9.17) is 22.3 Å². The first-order chi connectivity index (χ1) is 15.6. The molecule has 2 amide bonds. The smallest absolute Gasteiger partial charge is 0.257 e. The zero-order valence-corrected chi connectivity index (χ0v) is 17.4. The van der Waals surface area contributed by atoms with Gasteiger partial charge in [-0.15, -0.1) is 12.8 Å². The molecule has 0 spiro atoms. The maximum absolute atomic E-state index is 12.0. The van der Waals surface area contributed by atoms with Crippen LogP contribution in [0.1, 0.15) is 18.1 Å². The molecule has 0 aliphatic rings. The summed E-state index contributed by atoms with van der Waals surface area (Å²) in [4.78, 5) is 24.3. The minimum atomic E-state index is -0.460. The number of hydrogen-bond acceptors (Lipinski definition) is 5. The van der Waals surface area contributed by atoms with Crippen molar-refractivity contribution in [3.05, 3.63) is 65.7 Å². The number of allylic oxidation sites excluding steroid dienone is 2. The first-order valence-electron chi connectivity index (χ1n) is 9.48. The topological polar surface area (TPSA) is 79.6 Å². The van der Waals surface area contributed by atoms with Gasteiger partial charge < -0.3 is 9.47 Å². The maximum atomic E-state index is 12.0. The lowest BCUT2D eigenvalue weighted by Crippen LogP contribution is -2.27. The van der Waals surface area contributed by atoms with Gasteiger partial charge in [-0.05, 0) is 54.5 Å². The summed E-state index contributed by atoms with van der Waals surface area (Å²) < 4.78 is 11.0. The Bertz CT molecular complexity index is 1160. The Labute approximate surface area is 187 Å². The Morgan fingerprint density at radius 2 is 1.72 bits per heavy atom. The van der Waals surface area contributed by atoms with Crippen LogP contribution in [0.5, 0.6) is 11.5 Å². The van der Waals surface area contributed by atoms with Crippen LogP contribution in [0.15, 0.2) is 54.6 Å². The summed E-state index contributed by atoms with van der Waals surface area (Å²) in [6.45, 7) is 1.81. The van der Waals surface area contributed by atoms with E-state index in [1.807, 2.05) is 0 Å². The highest BCUT2D eigenvalue weighted by molar-refractivity contribution is 6.12. The molecule has 0 radical (unpaired) electrons. The normalized spacial score (nSPS) is 10.5. The van der Waals surface area contributed by atoms with Crippen molar-refractivity contribution in [1.29, 1.82) is 5.26 Å². The third-order valence-electron chi connectivity index (χ3n) is 4.13. The van der Waals surface area contributed by atoms with Crippen molar-refractivity contribution < 1.29 is 19.1 Å². The molecule has 0 heterocycles. The van der Waals surface area contributed by atoms with Crippen molar-refractivity contribution in [3.63, 3.8) is 0 Å². The van der Waals surface area contributed by atoms with Crippen molar-refractivity contribution in [2.75, 3.05) is 18.1 Å². The van der Waals surface area contributed by atoms with Crippen LogP contribution in [0.3, 0.4) is 0 Å². The van der Waals surface area contributed by atoms with Crippen LogP contribution in [0, 0.1) is 36.0 Å². The van der Waals surface area contributed by atoms with Crippen molar-refractivity contribution in [2.45, 2.75) is 6.92 Å². The largest absolute Gasteiger partial charge is 0.477 e. The molecule has 158 valence electrons. The molecular formula is C26H20N2O4. The first kappa shape index (κ1) is 23.5. The summed E-state index contributed by atoms with van der Waals surface area (Å²) in [7, 11) is 0. The number of terminal acetylenes is 2. The zero-order valence-electron chi connectivity index (χ0n) is 17.4. The van der Waals surface area contributed by atoms with Gasteiger partial charge in [-0.1, -0.05) is 36.1 Å². The summed E-state index contributed by atoms with van der Waals surface area (Å²) >= 11 is 0. The van der Waals surface area contributed by atoms with E-state index in [1.165, 1.54) is 6.08 Å². The molecule has 0 aromatic heterocycles. The van der Waals surface area contributed by atoms with Crippen LogP contribution in [-0.4, -0.2) is 25.5 Å². The van der Waals surface area contributed by atoms with Crippen molar-refractivity contribution in [3.8, 4) is 42.3 Å². The lowest BCUT2D eigenvalue weighted by atomic mass is 10.0. The third kappa shape index (κ3) is 6.13. The monoisotopic (exact) mass is 424 g/mol. The third-order valence-corrected chi connectivity index (χ3v) is 4.13. The average Bonchev–Trinajstić information content (AvgIpc) is 2.81. The minimum absolute atomic E-state index is 0.0469. The summed E-state index contributed by atoms with van der Waals surface area (Å²) in [6.07, 6.45) is 15.5. The Balaban J connectivity index is 2.35. The number of amides is 2. The van der Waals surface area contributed by atoms with Crippen LogP contribution in [0.25, 0.3) is 11.6 Å². The van der Waals surface area contributed by atoms with Gasteiger partial charge in [-0.3, -0.25) is 9.59 Å². The Kier molecular flexibility index (Phi) is 8.89. The van der Waals surface area contributed by atoms with E-state index in [-0.39, 0.29) is 13.2 Å². The van der Waals surface area contributed by atoms with Crippen LogP contribution in [-0.2, 0) is 9.59 Å². The van der Waals surface area contributed by atoms with Crippen LogP contribution < -0.4 is 14.4 Å². The van der Waals surface area contributed by atoms with Crippen molar-refractivity contribution >= 4 is 29.7 Å². The molecule has 2 aromatic carbocycles. The molecule has 0 fully saturated rings. The highest BCUT2D eigenvalue weighted by atomic mass is 16.5. The second kappa shape index (κ2) is 12.1. The predicted octanol–water partition coefficient (Wildman–Crippen LogP) is 3.84. The van der Waals surface area contributed by atoms with E-state index in [1.54, 1.807) is 61.5 Å². The number of nitrogens with zero attached hydrogens (tertiary/aromatic N) is 2. The summed E-state index contributed by atoms with van der Waals surface area (Å²) in [5.74, 6) is 5.16. The number of carbonyl (C=O) groups excluding carboxylic acids is 2. The Morgan fingerprint density at radius 1 is 1.06 bits per heavy atom. The van der Waals surface area contributed by atoms with E-state index >= 15 is 0 Å². The fraction of sp³-hybridized carbons (Fsp3) is 0.115. The number of carbonyl (C=O) groups is 2. The van der Waals surface area contributed by atoms with Gasteiger partial charge in [-0.25, -0.2) is 4.90 Å². The summed E-state index contributed by atoms with van der Waals surface area (Å²) in [5, 5.41) is 9.65. The van der Waals surface area contributed by atoms with Crippen LogP contribution in [0.2, 0.25) is 0 Å². The molecule has 0 saturated carbocycles. The molecule has 32 heavy (non-hydrogen) atoms. The molecule has 0 aliphatic carbocycles. The van der Waals surface area contributed by atoms with E-state index < -0.39 is 5.91 Å². The number of benzene rings is 2. The molecule has 0 unspecified atom stereocenters. The second-order valence-electron chi connectivity index (χ2n) is 6.22. The molecule has 2 aromatic rings. The SMILES string of the molecule is C#CCOc1ccc(/C=C(\C#N)c2ccc(N(C=O)C(=O)/C=C\C)cc2)cc1OCC#C. The fourth-order valence-electron chi connectivity index (χ4n) is 2.70. The van der Waals surface area contributed by atoms with Crippen molar-refractivity contribution in [1.82, 2.24) is 0 Å². The van der Waals surface area contributed by atoms with Crippen LogP contribution >= 0.6 is 0 Å². The second-order valence-corrected chi connectivity index (χ2v) is 6.22. The standard InChI is InChI=1S/C26H20N2O4/c1-4-7-26(30)28(19-29)23-11-9-21(10-12-23)22(18-27)16-20-8-13-24(31-14-5-2)25(17-20)32-15-6-3/h2-4,7-13,16-17,19H,14-15H2,1H3/b7-4-,22-16+. The Morgan fingerprint density at radius 3 is 2.28 bits per heavy atom. The Hall–Kier alpha value is -4.73. The van der Waals surface area contributed by atoms with Gasteiger partial charge in [0.15, 0.2) is 11.5 Å². The molecule has 6 heteroatoms. The number of ether oxygens (including phenoxy) is 2. The number of anilines is 1. The van der Waals surface area contributed by atoms with Gasteiger partial charge in [-0.2, -0.15) is 5.26 Å². The number of imide groups is 1. The molecule has 0 saturated heterocycles. The van der Waals surface area contributed by atoms with E-state index in [0.29, 0.717) is 40.3 Å². The van der Waals surface area contributed by atoms with E-state index in [0.717, 1.165) is 4.90 Å². The first-order valence-corrected chi connectivity index (χ1v) is 9.48. The van der Waals surface area contributed by atoms with Gasteiger partial charge in [0.05, 0.1) is 17.3 Å². The van der Waals surface area contributed by atoms with E-state index in [9.17, 15) is 14.9 Å². The van der Waals surface area contributed by atoms with E-state index in [2.05, 4.69) is 17.9 Å². The molecule has 0 aliphatic heterocycles. The highest BCUT2D eigenvalue weighted by Crippen LogP contribution is 2.30. The van der Waals surface area contributed by atoms with Gasteiger partial charge in [0.2, 0.25) is 6.41 Å². The predicted molar refractivity (Wildman–Crippen MR) is 123 cm³/mol. The minimum Gasteiger partial charge on any atom is -0.477 e. The average molecular weight is 424 g/mol. The molecule has 6 nitrogen and oxygen atoms in total. The number of hydrogen-bond donors (Lipinski definition) is 0.